The van der Waals surface area contributed by atoms with Gasteiger partial charge in [0.2, 0.25) is 0 Å². The third-order valence-electron chi connectivity index (χ3n) is 5.14. The molecule has 11 heteroatoms. The number of benzene rings is 3. The maximum atomic E-state index is 13.2. The van der Waals surface area contributed by atoms with Crippen LogP contribution in [0.4, 0.5) is 15.9 Å². The van der Waals surface area contributed by atoms with Gasteiger partial charge in [-0.1, -0.05) is 71.1 Å². The molecule has 4 aromatic rings. The quantitative estimate of drug-likeness (QED) is 0.160. The van der Waals surface area contributed by atoms with Crippen molar-refractivity contribution in [3.05, 3.63) is 107 Å². The van der Waals surface area contributed by atoms with Crippen molar-refractivity contribution in [2.24, 2.45) is 0 Å². The second kappa shape index (κ2) is 11.8. The van der Waals surface area contributed by atoms with Crippen molar-refractivity contribution in [3.8, 4) is 0 Å². The summed E-state index contributed by atoms with van der Waals surface area (Å²) in [6, 6.07) is 20.4. The van der Waals surface area contributed by atoms with E-state index in [0.717, 1.165) is 27.2 Å². The number of carbonyl (C=O) groups excluding carboxylic acids is 1. The van der Waals surface area contributed by atoms with E-state index in [1.165, 1.54) is 12.1 Å². The summed E-state index contributed by atoms with van der Waals surface area (Å²) in [4.78, 5) is 13.1. The molecule has 1 atom stereocenters. The molecule has 0 fully saturated rings. The van der Waals surface area contributed by atoms with Gasteiger partial charge in [-0.2, -0.15) is 8.75 Å². The lowest BCUT2D eigenvalue weighted by molar-refractivity contribution is 0.0951. The van der Waals surface area contributed by atoms with Crippen molar-refractivity contribution in [3.63, 3.8) is 0 Å². The number of hydrogen-bond donors (Lipinski definition) is 1. The monoisotopic (exact) mass is 621 g/mol. The van der Waals surface area contributed by atoms with E-state index >= 15 is 0 Å². The van der Waals surface area contributed by atoms with Gasteiger partial charge >= 0.3 is 0 Å². The zero-order valence-corrected chi connectivity index (χ0v) is 22.0. The van der Waals surface area contributed by atoms with E-state index in [4.69, 9.17) is 0 Å². The summed E-state index contributed by atoms with van der Waals surface area (Å²) in [5.74, 6) is -0.675. The molecular formula is C24H19FIN4O3S2-. The minimum Gasteiger partial charge on any atom is -0.755 e. The van der Waals surface area contributed by atoms with E-state index in [1.54, 1.807) is 30.3 Å². The number of nitrogens with one attached hydrogen (secondary N) is 1. The molecule has 4 rings (SSSR count). The van der Waals surface area contributed by atoms with Crippen molar-refractivity contribution in [1.29, 1.82) is 0 Å². The highest BCUT2D eigenvalue weighted by molar-refractivity contribution is 14.1. The number of rotatable bonds is 9. The fourth-order valence-electron chi connectivity index (χ4n) is 3.42. The molecular weight excluding hydrogens is 602 g/mol. The summed E-state index contributed by atoms with van der Waals surface area (Å²) in [5.41, 5.74) is 3.36. The van der Waals surface area contributed by atoms with Crippen LogP contribution in [0.25, 0.3) is 0 Å². The maximum Gasteiger partial charge on any atom is 0.253 e. The highest BCUT2D eigenvalue weighted by Crippen LogP contribution is 2.33. The fraction of sp³-hybridized carbons (Fsp3) is 0.125. The minimum atomic E-state index is -2.77. The molecule has 3 aromatic carbocycles. The van der Waals surface area contributed by atoms with E-state index in [2.05, 4.69) is 36.7 Å². The topological polar surface area (TPSA) is 98.2 Å². The van der Waals surface area contributed by atoms with Crippen molar-refractivity contribution in [1.82, 2.24) is 14.1 Å². The molecule has 0 saturated carbocycles. The molecule has 1 aromatic heterocycles. The van der Waals surface area contributed by atoms with E-state index < -0.39 is 17.2 Å². The smallest absolute Gasteiger partial charge is 0.253 e. The molecule has 35 heavy (non-hydrogen) atoms. The highest BCUT2D eigenvalue weighted by Gasteiger charge is 2.24. The van der Waals surface area contributed by atoms with Crippen LogP contribution in [0.15, 0.2) is 72.8 Å². The minimum absolute atomic E-state index is 0.157. The fourth-order valence-corrected chi connectivity index (χ4v) is 5.10. The SMILES string of the molecule is O=C(NCc1ccc(F)cc1)c1ccc(CI)cc1N(c1nsnc1Cc1ccccc1)S(=O)[O-]. The van der Waals surface area contributed by atoms with Gasteiger partial charge in [-0.15, -0.1) is 0 Å². The Kier molecular flexibility index (Phi) is 8.55. The van der Waals surface area contributed by atoms with Crippen LogP contribution < -0.4 is 9.62 Å². The lowest BCUT2D eigenvalue weighted by atomic mass is 10.1. The molecule has 0 bridgehead atoms. The Morgan fingerprint density at radius 2 is 1.74 bits per heavy atom. The molecule has 1 N–H and O–H groups in total. The predicted molar refractivity (Wildman–Crippen MR) is 142 cm³/mol. The van der Waals surface area contributed by atoms with Crippen LogP contribution in [0.5, 0.6) is 0 Å². The van der Waals surface area contributed by atoms with Gasteiger partial charge in [0.05, 0.1) is 34.2 Å². The summed E-state index contributed by atoms with van der Waals surface area (Å²) in [6.45, 7) is 0.157. The molecule has 1 unspecified atom stereocenters. The molecule has 0 aliphatic carbocycles. The molecule has 1 heterocycles. The maximum absolute atomic E-state index is 13.2. The zero-order valence-electron chi connectivity index (χ0n) is 18.2. The van der Waals surface area contributed by atoms with Crippen LogP contribution >= 0.6 is 34.3 Å². The standard InChI is InChI=1S/C24H20FIN4O3S2/c25-19-9-6-17(7-10-19)15-27-24(31)20-11-8-18(14-26)13-22(20)30(35(32)33)23-21(28-34-29-23)12-16-4-2-1-3-5-16/h1-11,13H,12,14-15H2,(H,27,31)(H,32,33)/p-1. The average molecular weight is 621 g/mol. The number of amides is 1. The Morgan fingerprint density at radius 1 is 1.03 bits per heavy atom. The summed E-state index contributed by atoms with van der Waals surface area (Å²) < 4.78 is 48.4. The molecule has 180 valence electrons. The predicted octanol–water partition coefficient (Wildman–Crippen LogP) is 5.07. The Labute approximate surface area is 222 Å². The first-order valence-electron chi connectivity index (χ1n) is 10.4. The Morgan fingerprint density at radius 3 is 2.43 bits per heavy atom. The van der Waals surface area contributed by atoms with Crippen molar-refractivity contribution in [2.75, 3.05) is 4.31 Å². The number of nitrogens with zero attached hydrogens (tertiary/aromatic N) is 3. The molecule has 1 amide bonds. The largest absolute Gasteiger partial charge is 0.755 e. The number of alkyl halides is 1. The third kappa shape index (κ3) is 6.28. The molecule has 0 saturated heterocycles. The van der Waals surface area contributed by atoms with Gasteiger partial charge in [-0.05, 0) is 41.0 Å². The lowest BCUT2D eigenvalue weighted by Gasteiger charge is -2.27. The number of carbonyl (C=O) groups is 1. The zero-order chi connectivity index (χ0) is 24.8. The van der Waals surface area contributed by atoms with Crippen LogP contribution in [-0.4, -0.2) is 23.4 Å². The van der Waals surface area contributed by atoms with Crippen molar-refractivity contribution >= 4 is 63.0 Å². The van der Waals surface area contributed by atoms with Gasteiger partial charge in [0.1, 0.15) is 11.5 Å². The number of aromatic nitrogens is 2. The number of halogens is 2. The van der Waals surface area contributed by atoms with E-state index in [0.29, 0.717) is 22.1 Å². The first-order chi connectivity index (χ1) is 17.0. The summed E-state index contributed by atoms with van der Waals surface area (Å²) in [6.07, 6.45) is 0.387. The average Bonchev–Trinajstić information content (AvgIpc) is 3.31. The van der Waals surface area contributed by atoms with Crippen LogP contribution in [0.1, 0.15) is 32.7 Å². The summed E-state index contributed by atoms with van der Waals surface area (Å²) in [7, 11) is 0. The Bertz CT molecular complexity index is 1340. The normalized spacial score (nSPS) is 11.7. The van der Waals surface area contributed by atoms with Crippen LogP contribution in [0.2, 0.25) is 0 Å². The Balaban J connectivity index is 1.68. The first-order valence-corrected chi connectivity index (χ1v) is 13.7. The van der Waals surface area contributed by atoms with Crippen molar-refractivity contribution in [2.45, 2.75) is 17.4 Å². The van der Waals surface area contributed by atoms with Gasteiger partial charge in [0, 0.05) is 17.4 Å². The van der Waals surface area contributed by atoms with E-state index in [9.17, 15) is 17.9 Å². The lowest BCUT2D eigenvalue weighted by Crippen LogP contribution is -2.28. The van der Waals surface area contributed by atoms with Gasteiger partial charge in [-0.25, -0.2) is 4.39 Å². The van der Waals surface area contributed by atoms with Crippen LogP contribution in [0.3, 0.4) is 0 Å². The highest BCUT2D eigenvalue weighted by atomic mass is 127. The summed E-state index contributed by atoms with van der Waals surface area (Å²) >= 11 is 0.315. The van der Waals surface area contributed by atoms with Gasteiger partial charge < -0.3 is 9.87 Å². The molecule has 0 aliphatic rings. The van der Waals surface area contributed by atoms with Crippen molar-refractivity contribution < 1.29 is 17.9 Å². The van der Waals surface area contributed by atoms with Gasteiger partial charge in [0.25, 0.3) is 5.91 Å². The number of anilines is 2. The summed E-state index contributed by atoms with van der Waals surface area (Å²) in [5, 5.41) is 2.78. The second-order valence-electron chi connectivity index (χ2n) is 7.50. The second-order valence-corrected chi connectivity index (χ2v) is 9.59. The molecule has 0 spiro atoms. The van der Waals surface area contributed by atoms with E-state index in [-0.39, 0.29) is 29.4 Å². The van der Waals surface area contributed by atoms with Gasteiger partial charge in [0.15, 0.2) is 5.82 Å². The molecule has 7 nitrogen and oxygen atoms in total. The van der Waals surface area contributed by atoms with Crippen LogP contribution in [-0.2, 0) is 28.7 Å². The van der Waals surface area contributed by atoms with Crippen LogP contribution in [0, 0.1) is 5.82 Å². The third-order valence-corrected chi connectivity index (χ3v) is 7.24. The molecule has 0 aliphatic heterocycles. The number of hydrogen-bond acceptors (Lipinski definition) is 6. The first kappa shape index (κ1) is 25.4. The molecule has 0 radical (unpaired) electrons. The van der Waals surface area contributed by atoms with E-state index in [1.807, 2.05) is 30.3 Å². The van der Waals surface area contributed by atoms with Gasteiger partial charge in [-0.3, -0.25) is 13.3 Å². The Hall–Kier alpha value is -2.74.